The number of nitrogens with two attached hydrogens (primary N) is 1. The first-order chi connectivity index (χ1) is 5.62. The zero-order chi connectivity index (χ0) is 9.19. The van der Waals surface area contributed by atoms with Crippen LogP contribution < -0.4 is 5.73 Å². The SMILES string of the molecule is C=CC1=CC[C@@](N)(C(=O)OC)C1. The minimum absolute atomic E-state index is 0.351. The third kappa shape index (κ3) is 1.41. The van der Waals surface area contributed by atoms with Gasteiger partial charge in [-0.15, -0.1) is 0 Å². The van der Waals surface area contributed by atoms with Crippen molar-refractivity contribution in [1.29, 1.82) is 0 Å². The second-order valence-corrected chi connectivity index (χ2v) is 3.01. The van der Waals surface area contributed by atoms with Crippen LogP contribution in [0.4, 0.5) is 0 Å². The predicted molar refractivity (Wildman–Crippen MR) is 46.4 cm³/mol. The molecule has 0 amide bonds. The predicted octanol–water partition coefficient (Wildman–Crippen LogP) is 0.763. The molecule has 3 heteroatoms. The maximum Gasteiger partial charge on any atom is 0.326 e. The molecule has 1 aliphatic carbocycles. The summed E-state index contributed by atoms with van der Waals surface area (Å²) >= 11 is 0. The molecule has 0 aromatic carbocycles. The van der Waals surface area contributed by atoms with E-state index >= 15 is 0 Å². The van der Waals surface area contributed by atoms with E-state index in [0.29, 0.717) is 12.8 Å². The number of hydrogen-bond acceptors (Lipinski definition) is 3. The second kappa shape index (κ2) is 3.11. The maximum atomic E-state index is 11.2. The molecule has 2 N–H and O–H groups in total. The van der Waals surface area contributed by atoms with Gasteiger partial charge in [-0.2, -0.15) is 0 Å². The molecule has 0 aliphatic heterocycles. The van der Waals surface area contributed by atoms with E-state index < -0.39 is 5.54 Å². The number of carbonyl (C=O) groups excluding carboxylic acids is 1. The fourth-order valence-corrected chi connectivity index (χ4v) is 1.34. The Balaban J connectivity index is 2.69. The summed E-state index contributed by atoms with van der Waals surface area (Å²) in [5, 5.41) is 0. The monoisotopic (exact) mass is 167 g/mol. The van der Waals surface area contributed by atoms with Crippen molar-refractivity contribution in [1.82, 2.24) is 0 Å². The molecule has 0 aromatic rings. The number of methoxy groups -OCH3 is 1. The standard InChI is InChI=1S/C9H13NO2/c1-3-7-4-5-9(10,6-7)8(11)12-2/h3-4H,1,5-6,10H2,2H3/t9-/m0/s1. The van der Waals surface area contributed by atoms with E-state index in [-0.39, 0.29) is 5.97 Å². The third-order valence-corrected chi connectivity index (χ3v) is 2.10. The molecule has 0 fully saturated rings. The molecule has 0 unspecified atom stereocenters. The first-order valence-electron chi connectivity index (χ1n) is 3.81. The van der Waals surface area contributed by atoms with Gasteiger partial charge in [0.15, 0.2) is 0 Å². The molecule has 1 rings (SSSR count). The van der Waals surface area contributed by atoms with Crippen LogP contribution in [-0.2, 0) is 9.53 Å². The van der Waals surface area contributed by atoms with Crippen molar-refractivity contribution in [3.8, 4) is 0 Å². The fourth-order valence-electron chi connectivity index (χ4n) is 1.34. The molecule has 0 saturated carbocycles. The Morgan fingerprint density at radius 1 is 1.92 bits per heavy atom. The summed E-state index contributed by atoms with van der Waals surface area (Å²) in [6.45, 7) is 3.62. The average Bonchev–Trinajstić information content (AvgIpc) is 2.47. The highest BCUT2D eigenvalue weighted by atomic mass is 16.5. The molecule has 1 aliphatic rings. The number of ether oxygens (including phenoxy) is 1. The van der Waals surface area contributed by atoms with E-state index in [4.69, 9.17) is 5.73 Å². The Kier molecular flexibility index (Phi) is 2.33. The molecular formula is C9H13NO2. The maximum absolute atomic E-state index is 11.2. The Morgan fingerprint density at radius 2 is 2.58 bits per heavy atom. The van der Waals surface area contributed by atoms with Gasteiger partial charge in [-0.3, -0.25) is 4.79 Å². The van der Waals surface area contributed by atoms with Gasteiger partial charge >= 0.3 is 5.97 Å². The smallest absolute Gasteiger partial charge is 0.326 e. The number of allylic oxidation sites excluding steroid dienone is 1. The van der Waals surface area contributed by atoms with Gasteiger partial charge in [-0.1, -0.05) is 24.3 Å². The molecule has 0 aromatic heterocycles. The molecular weight excluding hydrogens is 154 g/mol. The van der Waals surface area contributed by atoms with Gasteiger partial charge < -0.3 is 10.5 Å². The van der Waals surface area contributed by atoms with E-state index in [0.717, 1.165) is 5.57 Å². The van der Waals surface area contributed by atoms with Crippen LogP contribution in [0.2, 0.25) is 0 Å². The van der Waals surface area contributed by atoms with Crippen LogP contribution in [0.15, 0.2) is 24.3 Å². The van der Waals surface area contributed by atoms with E-state index in [9.17, 15) is 4.79 Å². The average molecular weight is 167 g/mol. The Labute approximate surface area is 71.9 Å². The van der Waals surface area contributed by atoms with Gasteiger partial charge in [-0.05, 0) is 6.42 Å². The van der Waals surface area contributed by atoms with Crippen molar-refractivity contribution in [3.05, 3.63) is 24.3 Å². The second-order valence-electron chi connectivity index (χ2n) is 3.01. The highest BCUT2D eigenvalue weighted by Crippen LogP contribution is 2.28. The lowest BCUT2D eigenvalue weighted by molar-refractivity contribution is -0.146. The van der Waals surface area contributed by atoms with Crippen LogP contribution in [0.25, 0.3) is 0 Å². The van der Waals surface area contributed by atoms with Gasteiger partial charge in [0.05, 0.1) is 7.11 Å². The summed E-state index contributed by atoms with van der Waals surface area (Å²) in [5.41, 5.74) is 5.97. The van der Waals surface area contributed by atoms with Crippen LogP contribution in [0.5, 0.6) is 0 Å². The molecule has 0 saturated heterocycles. The van der Waals surface area contributed by atoms with E-state index in [2.05, 4.69) is 11.3 Å². The van der Waals surface area contributed by atoms with Crippen molar-refractivity contribution in [2.24, 2.45) is 5.73 Å². The molecule has 0 spiro atoms. The summed E-state index contributed by atoms with van der Waals surface area (Å²) in [5.74, 6) is -0.351. The first-order valence-corrected chi connectivity index (χ1v) is 3.81. The van der Waals surface area contributed by atoms with Gasteiger partial charge in [0.2, 0.25) is 0 Å². The van der Waals surface area contributed by atoms with Gasteiger partial charge in [0, 0.05) is 6.42 Å². The summed E-state index contributed by atoms with van der Waals surface area (Å²) in [6.07, 6.45) is 4.71. The van der Waals surface area contributed by atoms with Gasteiger partial charge in [0.1, 0.15) is 5.54 Å². The van der Waals surface area contributed by atoms with Crippen LogP contribution in [0.3, 0.4) is 0 Å². The summed E-state index contributed by atoms with van der Waals surface area (Å²) in [7, 11) is 1.35. The van der Waals surface area contributed by atoms with Crippen molar-refractivity contribution in [3.63, 3.8) is 0 Å². The van der Waals surface area contributed by atoms with Crippen molar-refractivity contribution < 1.29 is 9.53 Å². The lowest BCUT2D eigenvalue weighted by Gasteiger charge is -2.20. The zero-order valence-corrected chi connectivity index (χ0v) is 7.17. The Hall–Kier alpha value is -1.09. The lowest BCUT2D eigenvalue weighted by Crippen LogP contribution is -2.46. The quantitative estimate of drug-likeness (QED) is 0.618. The number of hydrogen-bond donors (Lipinski definition) is 1. The highest BCUT2D eigenvalue weighted by Gasteiger charge is 2.37. The van der Waals surface area contributed by atoms with Crippen molar-refractivity contribution in [2.45, 2.75) is 18.4 Å². The number of rotatable bonds is 2. The summed E-state index contributed by atoms with van der Waals surface area (Å²) in [6, 6.07) is 0. The summed E-state index contributed by atoms with van der Waals surface area (Å²) in [4.78, 5) is 11.2. The van der Waals surface area contributed by atoms with E-state index in [1.807, 2.05) is 6.08 Å². The fraction of sp³-hybridized carbons (Fsp3) is 0.444. The lowest BCUT2D eigenvalue weighted by atomic mass is 9.97. The van der Waals surface area contributed by atoms with Crippen molar-refractivity contribution >= 4 is 5.97 Å². The first kappa shape index (κ1) is 9.00. The van der Waals surface area contributed by atoms with Crippen LogP contribution in [0, 0.1) is 0 Å². The zero-order valence-electron chi connectivity index (χ0n) is 7.17. The third-order valence-electron chi connectivity index (χ3n) is 2.10. The van der Waals surface area contributed by atoms with Crippen LogP contribution in [0.1, 0.15) is 12.8 Å². The van der Waals surface area contributed by atoms with Crippen LogP contribution >= 0.6 is 0 Å². The number of esters is 1. The molecule has 0 heterocycles. The molecule has 3 nitrogen and oxygen atoms in total. The Bertz CT molecular complexity index is 245. The normalized spacial score (nSPS) is 28.0. The molecule has 0 bridgehead atoms. The minimum atomic E-state index is -0.849. The van der Waals surface area contributed by atoms with Gasteiger partial charge in [-0.25, -0.2) is 0 Å². The van der Waals surface area contributed by atoms with E-state index in [1.165, 1.54) is 7.11 Å². The van der Waals surface area contributed by atoms with Gasteiger partial charge in [0.25, 0.3) is 0 Å². The highest BCUT2D eigenvalue weighted by molar-refractivity contribution is 5.82. The topological polar surface area (TPSA) is 52.3 Å². The van der Waals surface area contributed by atoms with Crippen LogP contribution in [-0.4, -0.2) is 18.6 Å². The van der Waals surface area contributed by atoms with E-state index in [1.54, 1.807) is 6.08 Å². The van der Waals surface area contributed by atoms with Crippen molar-refractivity contribution in [2.75, 3.05) is 7.11 Å². The molecule has 1 atom stereocenters. The summed E-state index contributed by atoms with van der Waals surface area (Å²) < 4.78 is 4.60. The molecule has 0 radical (unpaired) electrons. The number of carbonyl (C=O) groups is 1. The largest absolute Gasteiger partial charge is 0.468 e. The Morgan fingerprint density at radius 3 is 3.00 bits per heavy atom. The molecule has 66 valence electrons. The minimum Gasteiger partial charge on any atom is -0.468 e. The molecule has 12 heavy (non-hydrogen) atoms.